The molecular weight excluding hydrogens is 450 g/mol. The molecule has 5 atom stereocenters. The van der Waals surface area contributed by atoms with Crippen molar-refractivity contribution in [2.45, 2.75) is 95.6 Å². The summed E-state index contributed by atoms with van der Waals surface area (Å²) in [6.07, 6.45) is 16.4. The molecule has 5 unspecified atom stereocenters. The van der Waals surface area contributed by atoms with Crippen molar-refractivity contribution >= 4 is 11.7 Å². The SMILES string of the molecule is O=C(CN1CCC(C2CCCCC2)CC1)NC1C(C(=O)C2CC2)CC2CCC(N3CCOCC3)CC21. The number of nitrogens with one attached hydrogen (secondary N) is 1. The second-order valence-corrected chi connectivity index (χ2v) is 13.2. The number of rotatable bonds is 7. The molecule has 0 spiro atoms. The maximum absolute atomic E-state index is 13.4. The van der Waals surface area contributed by atoms with Gasteiger partial charge in [0.2, 0.25) is 5.91 Å². The number of fused-ring (bicyclic) bond motifs is 1. The van der Waals surface area contributed by atoms with Crippen LogP contribution in [0.1, 0.15) is 83.5 Å². The fourth-order valence-corrected chi connectivity index (χ4v) is 8.82. The third kappa shape index (κ3) is 5.71. The Morgan fingerprint density at radius 3 is 2.19 bits per heavy atom. The number of piperidine rings is 1. The molecule has 202 valence electrons. The van der Waals surface area contributed by atoms with Crippen LogP contribution in [-0.4, -0.2) is 79.5 Å². The van der Waals surface area contributed by atoms with E-state index in [1.54, 1.807) is 0 Å². The van der Waals surface area contributed by atoms with Gasteiger partial charge in [-0.3, -0.25) is 19.4 Å². The van der Waals surface area contributed by atoms with E-state index >= 15 is 0 Å². The van der Waals surface area contributed by atoms with Crippen molar-refractivity contribution in [3.05, 3.63) is 0 Å². The molecule has 36 heavy (non-hydrogen) atoms. The lowest BCUT2D eigenvalue weighted by atomic mass is 9.76. The minimum absolute atomic E-state index is 0.0527. The normalized spacial score (nSPS) is 37.5. The maximum atomic E-state index is 13.4. The lowest BCUT2D eigenvalue weighted by molar-refractivity contribution is -0.127. The fraction of sp³-hybridized carbons (Fsp3) is 0.933. The maximum Gasteiger partial charge on any atom is 0.234 e. The summed E-state index contributed by atoms with van der Waals surface area (Å²) < 4.78 is 5.60. The molecule has 0 aromatic rings. The van der Waals surface area contributed by atoms with Gasteiger partial charge in [-0.2, -0.15) is 0 Å². The van der Waals surface area contributed by atoms with Crippen molar-refractivity contribution in [2.24, 2.45) is 35.5 Å². The molecule has 4 saturated carbocycles. The average Bonchev–Trinajstić information content (AvgIpc) is 3.72. The van der Waals surface area contributed by atoms with Crippen LogP contribution >= 0.6 is 0 Å². The Morgan fingerprint density at radius 1 is 0.750 bits per heavy atom. The van der Waals surface area contributed by atoms with Crippen LogP contribution in [0.25, 0.3) is 0 Å². The third-order valence-electron chi connectivity index (χ3n) is 11.0. The molecule has 0 aromatic carbocycles. The van der Waals surface area contributed by atoms with E-state index in [1.165, 1.54) is 57.8 Å². The molecule has 2 aliphatic heterocycles. The molecule has 1 N–H and O–H groups in total. The van der Waals surface area contributed by atoms with Crippen LogP contribution in [0.3, 0.4) is 0 Å². The highest BCUT2D eigenvalue weighted by Gasteiger charge is 2.52. The zero-order valence-corrected chi connectivity index (χ0v) is 22.4. The average molecular weight is 500 g/mol. The number of likely N-dealkylation sites (tertiary alicyclic amines) is 1. The second kappa shape index (κ2) is 11.4. The number of ketones is 1. The zero-order chi connectivity index (χ0) is 24.5. The zero-order valence-electron chi connectivity index (χ0n) is 22.4. The first-order chi connectivity index (χ1) is 17.7. The topological polar surface area (TPSA) is 61.9 Å². The number of morpholine rings is 1. The molecule has 0 radical (unpaired) electrons. The van der Waals surface area contributed by atoms with Crippen LogP contribution in [0.2, 0.25) is 0 Å². The van der Waals surface area contributed by atoms with Gasteiger partial charge in [0.25, 0.3) is 0 Å². The Morgan fingerprint density at radius 2 is 1.47 bits per heavy atom. The monoisotopic (exact) mass is 499 g/mol. The van der Waals surface area contributed by atoms with Crippen molar-refractivity contribution in [2.75, 3.05) is 45.9 Å². The fourth-order valence-electron chi connectivity index (χ4n) is 8.82. The summed E-state index contributed by atoms with van der Waals surface area (Å²) in [5.74, 6) is 3.84. The van der Waals surface area contributed by atoms with Crippen molar-refractivity contribution in [1.82, 2.24) is 15.1 Å². The van der Waals surface area contributed by atoms with Gasteiger partial charge < -0.3 is 10.1 Å². The van der Waals surface area contributed by atoms with E-state index in [0.29, 0.717) is 30.2 Å². The number of carbonyl (C=O) groups excluding carboxylic acids is 2. The minimum atomic E-state index is 0.0527. The standard InChI is InChI=1S/C30H49N3O3/c34-28(20-32-12-10-22(11-13-32)21-4-2-1-3-5-21)31-29-26-19-25(33-14-16-36-17-15-33)9-8-24(26)18-27(29)30(35)23-6-7-23/h21-27,29H,1-20H2,(H,31,34). The minimum Gasteiger partial charge on any atom is -0.379 e. The first-order valence-electron chi connectivity index (χ1n) is 15.5. The van der Waals surface area contributed by atoms with Gasteiger partial charge in [0, 0.05) is 37.0 Å². The summed E-state index contributed by atoms with van der Waals surface area (Å²) in [5.41, 5.74) is 0. The molecule has 6 heteroatoms. The van der Waals surface area contributed by atoms with Gasteiger partial charge in [-0.1, -0.05) is 32.1 Å². The molecule has 1 amide bonds. The lowest BCUT2D eigenvalue weighted by Crippen LogP contribution is -2.52. The number of amides is 1. The number of nitrogens with zero attached hydrogens (tertiary/aromatic N) is 2. The number of ether oxygens (including phenoxy) is 1. The summed E-state index contributed by atoms with van der Waals surface area (Å²) in [5, 5.41) is 3.49. The van der Waals surface area contributed by atoms with Crippen LogP contribution in [0, 0.1) is 35.5 Å². The summed E-state index contributed by atoms with van der Waals surface area (Å²) in [7, 11) is 0. The summed E-state index contributed by atoms with van der Waals surface area (Å²) >= 11 is 0. The van der Waals surface area contributed by atoms with Crippen LogP contribution in [-0.2, 0) is 14.3 Å². The van der Waals surface area contributed by atoms with Gasteiger partial charge in [-0.05, 0) is 88.1 Å². The van der Waals surface area contributed by atoms with Gasteiger partial charge in [0.15, 0.2) is 0 Å². The van der Waals surface area contributed by atoms with Crippen LogP contribution in [0.4, 0.5) is 0 Å². The highest BCUT2D eigenvalue weighted by atomic mass is 16.5. The molecule has 4 aliphatic carbocycles. The highest BCUT2D eigenvalue weighted by Crippen LogP contribution is 2.49. The Kier molecular flexibility index (Phi) is 8.02. The summed E-state index contributed by atoms with van der Waals surface area (Å²) in [4.78, 5) is 31.7. The molecule has 6 rings (SSSR count). The second-order valence-electron chi connectivity index (χ2n) is 13.2. The van der Waals surface area contributed by atoms with Crippen LogP contribution in [0.5, 0.6) is 0 Å². The number of Topliss-reactive ketones (excluding diaryl/α,β-unsaturated/α-hetero) is 1. The van der Waals surface area contributed by atoms with Crippen molar-refractivity contribution in [3.63, 3.8) is 0 Å². The van der Waals surface area contributed by atoms with Crippen molar-refractivity contribution in [1.29, 1.82) is 0 Å². The molecule has 0 aromatic heterocycles. The van der Waals surface area contributed by atoms with Crippen LogP contribution < -0.4 is 5.32 Å². The van der Waals surface area contributed by atoms with E-state index in [2.05, 4.69) is 15.1 Å². The van der Waals surface area contributed by atoms with E-state index in [0.717, 1.165) is 76.9 Å². The quantitative estimate of drug-likeness (QED) is 0.576. The number of hydrogen-bond acceptors (Lipinski definition) is 5. The molecular formula is C30H49N3O3. The van der Waals surface area contributed by atoms with E-state index in [9.17, 15) is 9.59 Å². The molecule has 6 fully saturated rings. The number of carbonyl (C=O) groups is 2. The van der Waals surface area contributed by atoms with E-state index < -0.39 is 0 Å². The Hall–Kier alpha value is -0.980. The molecule has 6 aliphatic rings. The smallest absolute Gasteiger partial charge is 0.234 e. The lowest BCUT2D eigenvalue weighted by Gasteiger charge is -2.42. The van der Waals surface area contributed by atoms with Gasteiger partial charge in [0.05, 0.1) is 19.8 Å². The van der Waals surface area contributed by atoms with Crippen molar-refractivity contribution < 1.29 is 14.3 Å². The first-order valence-corrected chi connectivity index (χ1v) is 15.5. The summed E-state index contributed by atoms with van der Waals surface area (Å²) in [6.45, 7) is 6.38. The van der Waals surface area contributed by atoms with Crippen LogP contribution in [0.15, 0.2) is 0 Å². The van der Waals surface area contributed by atoms with Gasteiger partial charge in [-0.25, -0.2) is 0 Å². The van der Waals surface area contributed by atoms with Gasteiger partial charge in [-0.15, -0.1) is 0 Å². The first kappa shape index (κ1) is 25.3. The Balaban J connectivity index is 1.06. The van der Waals surface area contributed by atoms with Gasteiger partial charge >= 0.3 is 0 Å². The summed E-state index contributed by atoms with van der Waals surface area (Å²) in [6, 6.07) is 0.641. The van der Waals surface area contributed by atoms with Gasteiger partial charge in [0.1, 0.15) is 5.78 Å². The van der Waals surface area contributed by atoms with E-state index in [1.807, 2.05) is 0 Å². The Bertz CT molecular complexity index is 765. The molecule has 6 nitrogen and oxygen atoms in total. The van der Waals surface area contributed by atoms with E-state index in [4.69, 9.17) is 4.74 Å². The Labute approximate surface area is 218 Å². The molecule has 2 saturated heterocycles. The largest absolute Gasteiger partial charge is 0.379 e. The van der Waals surface area contributed by atoms with Crippen molar-refractivity contribution in [3.8, 4) is 0 Å². The number of hydrogen-bond donors (Lipinski definition) is 1. The molecule has 2 heterocycles. The third-order valence-corrected chi connectivity index (χ3v) is 11.0. The van der Waals surface area contributed by atoms with E-state index in [-0.39, 0.29) is 23.8 Å². The highest BCUT2D eigenvalue weighted by molar-refractivity contribution is 5.87. The predicted molar refractivity (Wildman–Crippen MR) is 141 cm³/mol. The predicted octanol–water partition coefficient (Wildman–Crippen LogP) is 3.88. The molecule has 0 bridgehead atoms.